The number of hydrogen-bond acceptors (Lipinski definition) is 3. The van der Waals surface area contributed by atoms with Gasteiger partial charge in [-0.15, -0.1) is 11.3 Å². The molecule has 0 radical (unpaired) electrons. The number of aromatic amines is 1. The third-order valence-corrected chi connectivity index (χ3v) is 2.50. The average Bonchev–Trinajstić information content (AvgIpc) is 2.63. The molecule has 0 fully saturated rings. The number of H-pyrrole nitrogens is 1. The molecule has 13 heavy (non-hydrogen) atoms. The minimum Gasteiger partial charge on any atom is -0.300 e. The SMILES string of the molecule is Cc1[nH]n(C)c(=O)c1-c1cscn1. The number of aromatic nitrogens is 3. The molecule has 0 aliphatic heterocycles. The summed E-state index contributed by atoms with van der Waals surface area (Å²) in [6, 6.07) is 0. The molecule has 5 heteroatoms. The van der Waals surface area contributed by atoms with Crippen LogP contribution >= 0.6 is 11.3 Å². The summed E-state index contributed by atoms with van der Waals surface area (Å²) in [7, 11) is 1.70. The lowest BCUT2D eigenvalue weighted by atomic mass is 10.2. The summed E-state index contributed by atoms with van der Waals surface area (Å²) in [5.74, 6) is 0. The monoisotopic (exact) mass is 195 g/mol. The van der Waals surface area contributed by atoms with Gasteiger partial charge in [0.1, 0.15) is 0 Å². The Morgan fingerprint density at radius 3 is 2.85 bits per heavy atom. The fourth-order valence-corrected chi connectivity index (χ4v) is 1.87. The van der Waals surface area contributed by atoms with E-state index in [2.05, 4.69) is 10.1 Å². The predicted molar refractivity (Wildman–Crippen MR) is 51.9 cm³/mol. The first-order valence-electron chi connectivity index (χ1n) is 3.84. The lowest BCUT2D eigenvalue weighted by Gasteiger charge is -1.88. The molecule has 0 atom stereocenters. The molecule has 2 heterocycles. The summed E-state index contributed by atoms with van der Waals surface area (Å²) in [4.78, 5) is 15.7. The molecule has 0 amide bonds. The van der Waals surface area contributed by atoms with Crippen LogP contribution in [0.1, 0.15) is 5.69 Å². The number of nitrogens with zero attached hydrogens (tertiary/aromatic N) is 2. The molecular weight excluding hydrogens is 186 g/mol. The van der Waals surface area contributed by atoms with Gasteiger partial charge in [0.25, 0.3) is 5.56 Å². The van der Waals surface area contributed by atoms with E-state index in [9.17, 15) is 4.79 Å². The van der Waals surface area contributed by atoms with E-state index in [1.807, 2.05) is 12.3 Å². The van der Waals surface area contributed by atoms with Crippen molar-refractivity contribution in [1.29, 1.82) is 0 Å². The van der Waals surface area contributed by atoms with Gasteiger partial charge < -0.3 is 0 Å². The lowest BCUT2D eigenvalue weighted by Crippen LogP contribution is -2.13. The van der Waals surface area contributed by atoms with Crippen molar-refractivity contribution in [3.05, 3.63) is 26.9 Å². The van der Waals surface area contributed by atoms with Crippen LogP contribution < -0.4 is 5.56 Å². The topological polar surface area (TPSA) is 50.7 Å². The highest BCUT2D eigenvalue weighted by Gasteiger charge is 2.12. The van der Waals surface area contributed by atoms with Gasteiger partial charge >= 0.3 is 0 Å². The predicted octanol–water partition coefficient (Wildman–Crippen LogP) is 1.15. The van der Waals surface area contributed by atoms with Crippen LogP contribution in [0.3, 0.4) is 0 Å². The molecule has 4 nitrogen and oxygen atoms in total. The molecular formula is C8H9N3OS. The molecule has 0 saturated carbocycles. The zero-order chi connectivity index (χ0) is 9.42. The van der Waals surface area contributed by atoms with E-state index in [4.69, 9.17) is 0 Å². The largest absolute Gasteiger partial charge is 0.300 e. The second-order valence-electron chi connectivity index (χ2n) is 2.85. The van der Waals surface area contributed by atoms with Gasteiger partial charge in [-0.2, -0.15) is 0 Å². The molecule has 0 spiro atoms. The van der Waals surface area contributed by atoms with Gasteiger partial charge in [0.15, 0.2) is 0 Å². The van der Waals surface area contributed by atoms with E-state index in [1.54, 1.807) is 12.6 Å². The van der Waals surface area contributed by atoms with Crippen LogP contribution in [0.5, 0.6) is 0 Å². The Balaban J connectivity index is 2.71. The summed E-state index contributed by atoms with van der Waals surface area (Å²) in [6.45, 7) is 1.87. The van der Waals surface area contributed by atoms with E-state index < -0.39 is 0 Å². The molecule has 1 N–H and O–H groups in total. The van der Waals surface area contributed by atoms with Crippen LogP contribution in [0.4, 0.5) is 0 Å². The first-order valence-corrected chi connectivity index (χ1v) is 4.78. The molecule has 2 rings (SSSR count). The minimum absolute atomic E-state index is 0.0246. The number of hydrogen-bond donors (Lipinski definition) is 1. The zero-order valence-electron chi connectivity index (χ0n) is 7.37. The van der Waals surface area contributed by atoms with Crippen molar-refractivity contribution in [2.75, 3.05) is 0 Å². The van der Waals surface area contributed by atoms with Gasteiger partial charge in [-0.1, -0.05) is 0 Å². The average molecular weight is 195 g/mol. The molecule has 2 aromatic rings. The maximum Gasteiger partial charge on any atom is 0.275 e. The lowest BCUT2D eigenvalue weighted by molar-refractivity contribution is 0.731. The van der Waals surface area contributed by atoms with E-state index in [0.717, 1.165) is 11.4 Å². The van der Waals surface area contributed by atoms with Crippen LogP contribution in [-0.2, 0) is 7.05 Å². The Bertz CT molecular complexity index is 466. The van der Waals surface area contributed by atoms with Gasteiger partial charge in [-0.05, 0) is 6.92 Å². The highest BCUT2D eigenvalue weighted by molar-refractivity contribution is 7.07. The van der Waals surface area contributed by atoms with Crippen molar-refractivity contribution in [2.45, 2.75) is 6.92 Å². The van der Waals surface area contributed by atoms with Crippen LogP contribution in [0, 0.1) is 6.92 Å². The number of thiazole rings is 1. The fraction of sp³-hybridized carbons (Fsp3) is 0.250. The quantitative estimate of drug-likeness (QED) is 0.742. The van der Waals surface area contributed by atoms with Crippen LogP contribution in [-0.4, -0.2) is 14.8 Å². The summed E-state index contributed by atoms with van der Waals surface area (Å²) < 4.78 is 1.46. The third kappa shape index (κ3) is 1.21. The molecule has 0 bridgehead atoms. The van der Waals surface area contributed by atoms with Crippen molar-refractivity contribution in [3.8, 4) is 11.3 Å². The molecule has 0 saturated heterocycles. The van der Waals surface area contributed by atoms with E-state index in [0.29, 0.717) is 5.56 Å². The smallest absolute Gasteiger partial charge is 0.275 e. The van der Waals surface area contributed by atoms with Gasteiger partial charge in [-0.25, -0.2) is 4.98 Å². The van der Waals surface area contributed by atoms with Crippen LogP contribution in [0.25, 0.3) is 11.3 Å². The minimum atomic E-state index is -0.0246. The highest BCUT2D eigenvalue weighted by atomic mass is 32.1. The molecule has 0 aliphatic rings. The molecule has 2 aromatic heterocycles. The van der Waals surface area contributed by atoms with Crippen molar-refractivity contribution in [1.82, 2.24) is 14.8 Å². The van der Waals surface area contributed by atoms with Gasteiger partial charge in [0.2, 0.25) is 0 Å². The summed E-state index contributed by atoms with van der Waals surface area (Å²) in [5.41, 5.74) is 3.98. The van der Waals surface area contributed by atoms with Crippen molar-refractivity contribution >= 4 is 11.3 Å². The van der Waals surface area contributed by atoms with Crippen LogP contribution in [0.2, 0.25) is 0 Å². The highest BCUT2D eigenvalue weighted by Crippen LogP contribution is 2.17. The molecule has 0 aliphatic carbocycles. The Kier molecular flexibility index (Phi) is 1.81. The first-order chi connectivity index (χ1) is 6.20. The fourth-order valence-electron chi connectivity index (χ4n) is 1.32. The normalized spacial score (nSPS) is 10.6. The third-order valence-electron chi connectivity index (χ3n) is 1.92. The number of aryl methyl sites for hydroxylation is 2. The Hall–Kier alpha value is -1.36. The van der Waals surface area contributed by atoms with Gasteiger partial charge in [0.05, 0.1) is 16.8 Å². The van der Waals surface area contributed by atoms with Crippen molar-refractivity contribution in [3.63, 3.8) is 0 Å². The second-order valence-corrected chi connectivity index (χ2v) is 3.57. The first kappa shape index (κ1) is 8.25. The van der Waals surface area contributed by atoms with E-state index in [1.165, 1.54) is 16.0 Å². The molecule has 0 aromatic carbocycles. The maximum atomic E-state index is 11.6. The van der Waals surface area contributed by atoms with Crippen molar-refractivity contribution in [2.24, 2.45) is 7.05 Å². The maximum absolute atomic E-state index is 11.6. The summed E-state index contributed by atoms with van der Waals surface area (Å²) in [6.07, 6.45) is 0. The molecule has 0 unspecified atom stereocenters. The van der Waals surface area contributed by atoms with Crippen molar-refractivity contribution < 1.29 is 0 Å². The number of rotatable bonds is 1. The summed E-state index contributed by atoms with van der Waals surface area (Å²) in [5, 5.41) is 4.81. The van der Waals surface area contributed by atoms with Gasteiger partial charge in [-0.3, -0.25) is 14.6 Å². The zero-order valence-corrected chi connectivity index (χ0v) is 8.18. The Labute approximate surface area is 78.8 Å². The van der Waals surface area contributed by atoms with Crippen LogP contribution in [0.15, 0.2) is 15.7 Å². The van der Waals surface area contributed by atoms with E-state index >= 15 is 0 Å². The molecule has 68 valence electrons. The Morgan fingerprint density at radius 1 is 1.62 bits per heavy atom. The second kappa shape index (κ2) is 2.85. The van der Waals surface area contributed by atoms with Gasteiger partial charge in [0, 0.05) is 18.1 Å². The standard InChI is InChI=1S/C8H9N3OS/c1-5-7(6-3-13-4-9-6)8(12)11(2)10-5/h3-4,10H,1-2H3. The summed E-state index contributed by atoms with van der Waals surface area (Å²) >= 11 is 1.49. The Morgan fingerprint density at radius 2 is 2.38 bits per heavy atom. The van der Waals surface area contributed by atoms with E-state index in [-0.39, 0.29) is 5.56 Å². The number of nitrogens with one attached hydrogen (secondary N) is 1.